The number of amides is 1. The van der Waals surface area contributed by atoms with Gasteiger partial charge in [0.15, 0.2) is 0 Å². The smallest absolute Gasteiger partial charge is 0.254 e. The fourth-order valence-corrected chi connectivity index (χ4v) is 1.51. The summed E-state index contributed by atoms with van der Waals surface area (Å²) in [7, 11) is 0. The molecule has 1 aliphatic rings. The summed E-state index contributed by atoms with van der Waals surface area (Å²) in [5, 5.41) is 9.34. The number of aliphatic hydroxyl groups excluding tert-OH is 1. The predicted octanol–water partition coefficient (Wildman–Crippen LogP) is 0.552. The van der Waals surface area contributed by atoms with Crippen molar-refractivity contribution in [3.63, 3.8) is 0 Å². The molecule has 0 radical (unpaired) electrons. The van der Waals surface area contributed by atoms with Gasteiger partial charge in [-0.2, -0.15) is 0 Å². The highest BCUT2D eigenvalue weighted by Crippen LogP contribution is 2.14. The Morgan fingerprint density at radius 1 is 1.64 bits per heavy atom. The van der Waals surface area contributed by atoms with E-state index in [1.54, 1.807) is 11.0 Å². The second-order valence-corrected chi connectivity index (χ2v) is 3.62. The van der Waals surface area contributed by atoms with E-state index in [1.165, 1.54) is 12.3 Å². The topological polar surface area (TPSA) is 53.4 Å². The molecule has 2 rings (SSSR count). The van der Waals surface area contributed by atoms with Crippen molar-refractivity contribution < 1.29 is 9.90 Å². The molecule has 2 heterocycles. The number of aliphatic hydroxyl groups is 1. The van der Waals surface area contributed by atoms with Crippen LogP contribution in [0.15, 0.2) is 18.3 Å². The summed E-state index contributed by atoms with van der Waals surface area (Å²) >= 11 is 5.65. The Balaban J connectivity index is 2.12. The molecule has 0 spiro atoms. The van der Waals surface area contributed by atoms with Gasteiger partial charge in [0.2, 0.25) is 0 Å². The summed E-state index contributed by atoms with van der Waals surface area (Å²) in [6.45, 7) is 0.803. The summed E-state index contributed by atoms with van der Waals surface area (Å²) in [5.74, 6) is -0.111. The summed E-state index contributed by atoms with van der Waals surface area (Å²) in [4.78, 5) is 17.0. The Hall–Kier alpha value is -1.13. The average Bonchev–Trinajstić information content (AvgIpc) is 2.12. The number of hydrogen-bond acceptors (Lipinski definition) is 3. The zero-order chi connectivity index (χ0) is 10.1. The van der Waals surface area contributed by atoms with Crippen LogP contribution in [0.5, 0.6) is 0 Å². The first-order valence-corrected chi connectivity index (χ1v) is 4.63. The number of carbonyl (C=O) groups is 1. The van der Waals surface area contributed by atoms with E-state index in [9.17, 15) is 4.79 Å². The number of β-amino-alcohol motifs (C(OH)–C–C–N with tert-alkyl or cyclic N) is 1. The van der Waals surface area contributed by atoms with Crippen molar-refractivity contribution in [2.75, 3.05) is 13.1 Å². The molecule has 0 aliphatic carbocycles. The Kier molecular flexibility index (Phi) is 2.39. The van der Waals surface area contributed by atoms with Gasteiger partial charge < -0.3 is 10.0 Å². The lowest BCUT2D eigenvalue weighted by Crippen LogP contribution is -2.53. The third kappa shape index (κ3) is 1.71. The molecular weight excluding hydrogens is 204 g/mol. The zero-order valence-electron chi connectivity index (χ0n) is 7.35. The van der Waals surface area contributed by atoms with Gasteiger partial charge >= 0.3 is 0 Å². The van der Waals surface area contributed by atoms with Gasteiger partial charge in [-0.25, -0.2) is 4.98 Å². The van der Waals surface area contributed by atoms with Gasteiger partial charge in [0.1, 0.15) is 5.15 Å². The molecule has 0 saturated carbocycles. The predicted molar refractivity (Wildman–Crippen MR) is 51.2 cm³/mol. The van der Waals surface area contributed by atoms with E-state index < -0.39 is 0 Å². The molecule has 0 atom stereocenters. The van der Waals surface area contributed by atoms with Gasteiger partial charge in [0, 0.05) is 24.8 Å². The van der Waals surface area contributed by atoms with Gasteiger partial charge in [-0.3, -0.25) is 4.79 Å². The van der Waals surface area contributed by atoms with Crippen molar-refractivity contribution >= 4 is 17.5 Å². The van der Waals surface area contributed by atoms with Crippen LogP contribution in [0.1, 0.15) is 10.4 Å². The molecule has 1 amide bonds. The highest BCUT2D eigenvalue weighted by molar-refractivity contribution is 6.29. The quantitative estimate of drug-likeness (QED) is 0.692. The summed E-state index contributed by atoms with van der Waals surface area (Å²) in [6, 6.07) is 3.13. The van der Waals surface area contributed by atoms with Gasteiger partial charge in [0.25, 0.3) is 5.91 Å². The number of rotatable bonds is 1. The number of halogens is 1. The Labute approximate surface area is 86.1 Å². The maximum absolute atomic E-state index is 11.7. The highest BCUT2D eigenvalue weighted by atomic mass is 35.5. The van der Waals surface area contributed by atoms with Crippen LogP contribution in [0.2, 0.25) is 5.15 Å². The maximum Gasteiger partial charge on any atom is 0.254 e. The average molecular weight is 213 g/mol. The van der Waals surface area contributed by atoms with Gasteiger partial charge in [0.05, 0.1) is 6.10 Å². The minimum absolute atomic E-state index is 0.111. The van der Waals surface area contributed by atoms with Crippen molar-refractivity contribution in [1.82, 2.24) is 9.88 Å². The monoisotopic (exact) mass is 212 g/mol. The van der Waals surface area contributed by atoms with E-state index in [4.69, 9.17) is 16.7 Å². The minimum atomic E-state index is -0.378. The SMILES string of the molecule is O=C(c1ccnc(Cl)c1)N1CC(O)C1. The van der Waals surface area contributed by atoms with Crippen LogP contribution in [-0.2, 0) is 0 Å². The second kappa shape index (κ2) is 3.55. The Morgan fingerprint density at radius 2 is 2.36 bits per heavy atom. The number of likely N-dealkylation sites (tertiary alicyclic amines) is 1. The highest BCUT2D eigenvalue weighted by Gasteiger charge is 2.29. The molecule has 1 aliphatic heterocycles. The van der Waals surface area contributed by atoms with Crippen LogP contribution in [0, 0.1) is 0 Å². The maximum atomic E-state index is 11.7. The molecule has 74 valence electrons. The number of nitrogens with zero attached hydrogens (tertiary/aromatic N) is 2. The van der Waals surface area contributed by atoms with Crippen molar-refractivity contribution in [1.29, 1.82) is 0 Å². The summed E-state index contributed by atoms with van der Waals surface area (Å²) in [5.41, 5.74) is 0.511. The minimum Gasteiger partial charge on any atom is -0.389 e. The zero-order valence-corrected chi connectivity index (χ0v) is 8.11. The normalized spacial score (nSPS) is 16.6. The number of carbonyl (C=O) groups excluding carboxylic acids is 1. The van der Waals surface area contributed by atoms with E-state index in [0.29, 0.717) is 23.8 Å². The van der Waals surface area contributed by atoms with E-state index in [2.05, 4.69) is 4.98 Å². The number of aromatic nitrogens is 1. The van der Waals surface area contributed by atoms with Gasteiger partial charge in [-0.1, -0.05) is 11.6 Å². The molecule has 1 fully saturated rings. The van der Waals surface area contributed by atoms with Crippen LogP contribution >= 0.6 is 11.6 Å². The summed E-state index contributed by atoms with van der Waals surface area (Å²) in [6.07, 6.45) is 1.11. The van der Waals surface area contributed by atoms with Crippen molar-refractivity contribution in [2.45, 2.75) is 6.10 Å². The first-order chi connectivity index (χ1) is 6.66. The van der Waals surface area contributed by atoms with Crippen molar-refractivity contribution in [3.05, 3.63) is 29.0 Å². The molecule has 5 heteroatoms. The molecule has 1 aromatic rings. The van der Waals surface area contributed by atoms with Gasteiger partial charge in [-0.15, -0.1) is 0 Å². The van der Waals surface area contributed by atoms with Gasteiger partial charge in [-0.05, 0) is 12.1 Å². The van der Waals surface area contributed by atoms with E-state index >= 15 is 0 Å². The molecule has 1 N–H and O–H groups in total. The van der Waals surface area contributed by atoms with E-state index in [-0.39, 0.29) is 12.0 Å². The lowest BCUT2D eigenvalue weighted by Gasteiger charge is -2.35. The van der Waals surface area contributed by atoms with Crippen LogP contribution in [0.4, 0.5) is 0 Å². The molecule has 4 nitrogen and oxygen atoms in total. The second-order valence-electron chi connectivity index (χ2n) is 3.23. The molecular formula is C9H9ClN2O2. The van der Waals surface area contributed by atoms with Crippen LogP contribution < -0.4 is 0 Å². The third-order valence-corrected chi connectivity index (χ3v) is 2.33. The molecule has 0 bridgehead atoms. The van der Waals surface area contributed by atoms with E-state index in [1.807, 2.05) is 0 Å². The lowest BCUT2D eigenvalue weighted by molar-refractivity contribution is 0.00589. The van der Waals surface area contributed by atoms with Crippen LogP contribution in [0.3, 0.4) is 0 Å². The largest absolute Gasteiger partial charge is 0.389 e. The van der Waals surface area contributed by atoms with Crippen molar-refractivity contribution in [3.8, 4) is 0 Å². The van der Waals surface area contributed by atoms with Crippen molar-refractivity contribution in [2.24, 2.45) is 0 Å². The fraction of sp³-hybridized carbons (Fsp3) is 0.333. The molecule has 0 aromatic carbocycles. The third-order valence-electron chi connectivity index (χ3n) is 2.12. The standard InChI is InChI=1S/C9H9ClN2O2/c10-8-3-6(1-2-11-8)9(14)12-4-7(13)5-12/h1-3,7,13H,4-5H2. The van der Waals surface area contributed by atoms with Crippen LogP contribution in [-0.4, -0.2) is 40.1 Å². The first-order valence-electron chi connectivity index (χ1n) is 4.26. The fourth-order valence-electron chi connectivity index (χ4n) is 1.34. The van der Waals surface area contributed by atoms with Crippen LogP contribution in [0.25, 0.3) is 0 Å². The molecule has 0 unspecified atom stereocenters. The Bertz CT molecular complexity index is 364. The molecule has 1 aromatic heterocycles. The first kappa shape index (κ1) is 9.43. The number of hydrogen-bond donors (Lipinski definition) is 1. The molecule has 14 heavy (non-hydrogen) atoms. The lowest BCUT2D eigenvalue weighted by atomic mass is 10.1. The Morgan fingerprint density at radius 3 is 2.93 bits per heavy atom. The summed E-state index contributed by atoms with van der Waals surface area (Å²) < 4.78 is 0. The number of pyridine rings is 1. The van der Waals surface area contributed by atoms with E-state index in [0.717, 1.165) is 0 Å². The molecule has 1 saturated heterocycles.